The largest absolute Gasteiger partial charge is 0.0843 e. The van der Waals surface area contributed by atoms with Gasteiger partial charge in [-0.25, -0.2) is 0 Å². The van der Waals surface area contributed by atoms with Gasteiger partial charge in [0.2, 0.25) is 0 Å². The van der Waals surface area contributed by atoms with Gasteiger partial charge in [-0.1, -0.05) is 17.7 Å². The fraction of sp³-hybridized carbons (Fsp3) is 0.769. The maximum Gasteiger partial charge on any atom is 0.0411 e. The molecule has 1 aromatic rings. The Bertz CT molecular complexity index is 657. The van der Waals surface area contributed by atoms with E-state index in [2.05, 4.69) is 18.2 Å². The van der Waals surface area contributed by atoms with E-state index in [1.807, 2.05) is 0 Å². The van der Waals surface area contributed by atoms with Crippen LogP contribution in [-0.4, -0.2) is 0 Å². The Kier molecular flexibility index (Phi) is 3.24. The second-order valence-electron chi connectivity index (χ2n) is 12.1. The summed E-state index contributed by atoms with van der Waals surface area (Å²) in [5.41, 5.74) is 4.27. The van der Waals surface area contributed by atoms with Crippen LogP contribution < -0.4 is 0 Å². The zero-order valence-corrected chi connectivity index (χ0v) is 17.3. The van der Waals surface area contributed by atoms with Crippen molar-refractivity contribution in [3.8, 4) is 0 Å². The van der Waals surface area contributed by atoms with E-state index in [-0.39, 0.29) is 0 Å². The van der Waals surface area contributed by atoms with Gasteiger partial charge < -0.3 is 0 Å². The van der Waals surface area contributed by atoms with Gasteiger partial charge in [0.25, 0.3) is 0 Å². The molecule has 8 aliphatic carbocycles. The molecule has 27 heavy (non-hydrogen) atoms. The van der Waals surface area contributed by atoms with Crippen LogP contribution in [0.4, 0.5) is 0 Å². The highest BCUT2D eigenvalue weighted by atomic mass is 35.5. The molecule has 0 saturated heterocycles. The highest BCUT2D eigenvalue weighted by Gasteiger charge is 2.54. The van der Waals surface area contributed by atoms with E-state index in [9.17, 15) is 0 Å². The summed E-state index contributed by atoms with van der Waals surface area (Å²) in [5, 5.41) is 1.04. The smallest absolute Gasteiger partial charge is 0.0411 e. The molecular weight excluding hydrogens is 348 g/mol. The average Bonchev–Trinajstić information content (AvgIpc) is 2.59. The first kappa shape index (κ1) is 16.3. The Morgan fingerprint density at radius 1 is 0.519 bits per heavy atom. The number of hydrogen-bond acceptors (Lipinski definition) is 0. The topological polar surface area (TPSA) is 0 Å². The molecule has 0 heterocycles. The molecule has 0 N–H and O–H groups in total. The molecular formula is C26H33Cl. The molecule has 0 aromatic heterocycles. The first-order chi connectivity index (χ1) is 13.1. The van der Waals surface area contributed by atoms with Crippen LogP contribution in [0.3, 0.4) is 0 Å². The molecule has 0 atom stereocenters. The minimum atomic E-state index is 0.483. The fourth-order valence-corrected chi connectivity index (χ4v) is 10.4. The van der Waals surface area contributed by atoms with E-state index < -0.39 is 0 Å². The van der Waals surface area contributed by atoms with Crippen LogP contribution in [0, 0.1) is 35.5 Å². The van der Waals surface area contributed by atoms with E-state index in [1.54, 1.807) is 11.1 Å². The first-order valence-electron chi connectivity index (χ1n) is 11.9. The van der Waals surface area contributed by atoms with Crippen molar-refractivity contribution in [1.82, 2.24) is 0 Å². The van der Waals surface area contributed by atoms with Gasteiger partial charge in [-0.15, -0.1) is 0 Å². The highest BCUT2D eigenvalue weighted by molar-refractivity contribution is 6.30. The van der Waals surface area contributed by atoms with Gasteiger partial charge in [-0.05, 0) is 147 Å². The van der Waals surface area contributed by atoms with Crippen molar-refractivity contribution >= 4 is 11.6 Å². The van der Waals surface area contributed by atoms with E-state index in [4.69, 9.17) is 11.6 Å². The van der Waals surface area contributed by atoms with Crippen LogP contribution in [-0.2, 0) is 10.8 Å². The Hall–Kier alpha value is -0.490. The van der Waals surface area contributed by atoms with Gasteiger partial charge >= 0.3 is 0 Å². The van der Waals surface area contributed by atoms with Crippen molar-refractivity contribution in [2.24, 2.45) is 35.5 Å². The van der Waals surface area contributed by atoms with Crippen molar-refractivity contribution in [2.75, 3.05) is 0 Å². The van der Waals surface area contributed by atoms with E-state index in [1.165, 1.54) is 77.0 Å². The van der Waals surface area contributed by atoms with Gasteiger partial charge in [0.05, 0.1) is 0 Å². The molecule has 9 rings (SSSR count). The van der Waals surface area contributed by atoms with Crippen LogP contribution in [0.2, 0.25) is 5.02 Å². The summed E-state index contributed by atoms with van der Waals surface area (Å²) in [6.07, 6.45) is 17.9. The molecule has 8 fully saturated rings. The number of halogens is 1. The molecule has 144 valence electrons. The van der Waals surface area contributed by atoms with Crippen LogP contribution in [0.15, 0.2) is 18.2 Å². The van der Waals surface area contributed by atoms with Crippen molar-refractivity contribution < 1.29 is 0 Å². The van der Waals surface area contributed by atoms with Crippen LogP contribution >= 0.6 is 11.6 Å². The molecule has 1 heteroatoms. The standard InChI is InChI=1S/C26H33Cl/c27-24-8-22(25-10-16-1-17(11-25)3-18(2-16)12-25)7-23(9-24)26-13-19-4-20(14-26)6-21(5-19)15-26/h7-9,16-21H,1-6,10-15H2. The van der Waals surface area contributed by atoms with Crippen LogP contribution in [0.1, 0.15) is 88.2 Å². The van der Waals surface area contributed by atoms with Crippen molar-refractivity contribution in [3.63, 3.8) is 0 Å². The molecule has 0 amide bonds. The van der Waals surface area contributed by atoms with Crippen molar-refractivity contribution in [2.45, 2.75) is 87.9 Å². The molecule has 0 nitrogen and oxygen atoms in total. The summed E-state index contributed by atoms with van der Waals surface area (Å²) in [6.45, 7) is 0. The van der Waals surface area contributed by atoms with E-state index in [0.29, 0.717) is 10.8 Å². The maximum atomic E-state index is 6.83. The predicted molar refractivity (Wildman–Crippen MR) is 111 cm³/mol. The third-order valence-corrected chi connectivity index (χ3v) is 10.4. The molecule has 8 bridgehead atoms. The first-order valence-corrected chi connectivity index (χ1v) is 12.3. The maximum absolute atomic E-state index is 6.83. The van der Waals surface area contributed by atoms with Gasteiger partial charge in [0.15, 0.2) is 0 Å². The Morgan fingerprint density at radius 2 is 0.815 bits per heavy atom. The summed E-state index contributed by atoms with van der Waals surface area (Å²) < 4.78 is 0. The molecule has 0 unspecified atom stereocenters. The molecule has 0 radical (unpaired) electrons. The Labute approximate surface area is 169 Å². The minimum absolute atomic E-state index is 0.483. The van der Waals surface area contributed by atoms with Gasteiger partial charge in [-0.3, -0.25) is 0 Å². The lowest BCUT2D eigenvalue weighted by Gasteiger charge is -2.58. The Morgan fingerprint density at radius 3 is 1.11 bits per heavy atom. The third kappa shape index (κ3) is 2.35. The SMILES string of the molecule is Clc1cc(C23CC4CC(CC(C4)C2)C3)cc(C23CC4CC(CC(C4)C2)C3)c1. The monoisotopic (exact) mass is 380 g/mol. The van der Waals surface area contributed by atoms with Gasteiger partial charge in [0.1, 0.15) is 0 Å². The van der Waals surface area contributed by atoms with Crippen LogP contribution in [0.25, 0.3) is 0 Å². The molecule has 8 aliphatic rings. The molecule has 1 aromatic carbocycles. The minimum Gasteiger partial charge on any atom is -0.0843 e. The number of hydrogen-bond donors (Lipinski definition) is 0. The fourth-order valence-electron chi connectivity index (χ4n) is 10.1. The van der Waals surface area contributed by atoms with E-state index in [0.717, 1.165) is 40.5 Å². The van der Waals surface area contributed by atoms with Crippen LogP contribution in [0.5, 0.6) is 0 Å². The number of benzene rings is 1. The van der Waals surface area contributed by atoms with Gasteiger partial charge in [0, 0.05) is 5.02 Å². The summed E-state index contributed by atoms with van der Waals surface area (Å²) >= 11 is 6.83. The highest BCUT2D eigenvalue weighted by Crippen LogP contribution is 2.63. The summed E-state index contributed by atoms with van der Waals surface area (Å²) in [7, 11) is 0. The lowest BCUT2D eigenvalue weighted by Crippen LogP contribution is -2.50. The summed E-state index contributed by atoms with van der Waals surface area (Å²) in [4.78, 5) is 0. The average molecular weight is 381 g/mol. The van der Waals surface area contributed by atoms with E-state index >= 15 is 0 Å². The Balaban J connectivity index is 1.31. The third-order valence-electron chi connectivity index (χ3n) is 10.2. The normalized spacial score (nSPS) is 51.9. The quantitative estimate of drug-likeness (QED) is 0.505. The summed E-state index contributed by atoms with van der Waals surface area (Å²) in [5.74, 6) is 6.07. The predicted octanol–water partition coefficient (Wildman–Crippen LogP) is 7.28. The lowest BCUT2D eigenvalue weighted by molar-refractivity contribution is -0.00835. The second-order valence-corrected chi connectivity index (χ2v) is 12.6. The molecule has 0 aliphatic heterocycles. The second kappa shape index (κ2) is 5.35. The molecule has 0 spiro atoms. The van der Waals surface area contributed by atoms with Crippen molar-refractivity contribution in [3.05, 3.63) is 34.3 Å². The summed E-state index contributed by atoms with van der Waals surface area (Å²) in [6, 6.07) is 7.48. The lowest BCUT2D eigenvalue weighted by atomic mass is 9.46. The molecule has 8 saturated carbocycles. The number of rotatable bonds is 2. The zero-order valence-electron chi connectivity index (χ0n) is 16.6. The van der Waals surface area contributed by atoms with Crippen molar-refractivity contribution in [1.29, 1.82) is 0 Å². The zero-order chi connectivity index (χ0) is 17.8. The van der Waals surface area contributed by atoms with Gasteiger partial charge in [-0.2, -0.15) is 0 Å².